The molecular weight excluding hydrogens is 321 g/mol. The molecule has 0 unspecified atom stereocenters. The molecule has 0 fully saturated rings. The van der Waals surface area contributed by atoms with Crippen LogP contribution < -0.4 is 0 Å². The van der Waals surface area contributed by atoms with Gasteiger partial charge < -0.3 is 0 Å². The van der Waals surface area contributed by atoms with Crippen LogP contribution in [0.3, 0.4) is 0 Å². The maximum absolute atomic E-state index is 4.12. The quantitative estimate of drug-likeness (QED) is 0.695. The van der Waals surface area contributed by atoms with Crippen LogP contribution in [0.4, 0.5) is 0 Å². The van der Waals surface area contributed by atoms with E-state index in [4.69, 9.17) is 0 Å². The van der Waals surface area contributed by atoms with Gasteiger partial charge in [0.15, 0.2) is 5.65 Å². The molecule has 0 N–H and O–H groups in total. The molecule has 2 aromatic heterocycles. The predicted octanol–water partition coefficient (Wildman–Crippen LogP) is 2.10. The van der Waals surface area contributed by atoms with Crippen LogP contribution in [0.15, 0.2) is 23.1 Å². The first-order valence-electron chi connectivity index (χ1n) is 2.93. The highest BCUT2D eigenvalue weighted by Gasteiger charge is 1.98. The molecule has 0 spiro atoms. The van der Waals surface area contributed by atoms with Crippen molar-refractivity contribution in [3.63, 3.8) is 0 Å². The fraction of sp³-hybridized carbons (Fsp3) is 0. The van der Waals surface area contributed by atoms with Crippen molar-refractivity contribution >= 4 is 44.2 Å². The SMILES string of the molecule is Brc1nc2ccc(I)cn2n1. The number of halogens is 2. The summed E-state index contributed by atoms with van der Waals surface area (Å²) in [7, 11) is 0. The summed E-state index contributed by atoms with van der Waals surface area (Å²) in [6, 6.07) is 3.93. The zero-order chi connectivity index (χ0) is 7.84. The normalized spacial score (nSPS) is 10.7. The monoisotopic (exact) mass is 323 g/mol. The average Bonchev–Trinajstić information content (AvgIpc) is 2.27. The smallest absolute Gasteiger partial charge is 0.218 e. The molecule has 0 radical (unpaired) electrons. The summed E-state index contributed by atoms with van der Waals surface area (Å²) in [6.45, 7) is 0. The number of hydrogen-bond acceptors (Lipinski definition) is 2. The van der Waals surface area contributed by atoms with E-state index in [2.05, 4.69) is 48.6 Å². The molecule has 0 aliphatic carbocycles. The molecule has 3 nitrogen and oxygen atoms in total. The Hall–Kier alpha value is -0.170. The van der Waals surface area contributed by atoms with Crippen molar-refractivity contribution in [3.05, 3.63) is 26.6 Å². The van der Waals surface area contributed by atoms with Gasteiger partial charge in [-0.3, -0.25) is 0 Å². The molecule has 2 heterocycles. The van der Waals surface area contributed by atoms with Gasteiger partial charge in [0.25, 0.3) is 0 Å². The van der Waals surface area contributed by atoms with Crippen LogP contribution in [0, 0.1) is 3.57 Å². The lowest BCUT2D eigenvalue weighted by Gasteiger charge is -1.89. The molecule has 0 saturated heterocycles. The van der Waals surface area contributed by atoms with Crippen LogP contribution in [0.25, 0.3) is 5.65 Å². The van der Waals surface area contributed by atoms with Crippen LogP contribution in [0.1, 0.15) is 0 Å². The molecule has 0 aromatic carbocycles. The third-order valence-electron chi connectivity index (χ3n) is 1.27. The van der Waals surface area contributed by atoms with Crippen LogP contribution in [-0.2, 0) is 0 Å². The number of aromatic nitrogens is 3. The van der Waals surface area contributed by atoms with Crippen LogP contribution in [0.5, 0.6) is 0 Å². The van der Waals surface area contributed by atoms with Gasteiger partial charge in [0, 0.05) is 9.77 Å². The molecule has 2 rings (SSSR count). The third-order valence-corrected chi connectivity index (χ3v) is 2.24. The first-order valence-corrected chi connectivity index (χ1v) is 4.80. The number of nitrogens with zero attached hydrogens (tertiary/aromatic N) is 3. The first kappa shape index (κ1) is 7.48. The van der Waals surface area contributed by atoms with Crippen molar-refractivity contribution in [2.75, 3.05) is 0 Å². The standard InChI is InChI=1S/C6H3BrIN3/c7-6-9-5-2-1-4(8)3-11(5)10-6/h1-3H. The van der Waals surface area contributed by atoms with E-state index in [1.165, 1.54) is 0 Å². The molecule has 0 amide bonds. The Morgan fingerprint density at radius 2 is 2.27 bits per heavy atom. The Morgan fingerprint density at radius 3 is 3.09 bits per heavy atom. The zero-order valence-electron chi connectivity index (χ0n) is 5.33. The van der Waals surface area contributed by atoms with E-state index in [-0.39, 0.29) is 0 Å². The number of rotatable bonds is 0. The first-order chi connectivity index (χ1) is 5.25. The van der Waals surface area contributed by atoms with Gasteiger partial charge in [-0.1, -0.05) is 0 Å². The lowest BCUT2D eigenvalue weighted by molar-refractivity contribution is 0.941. The Morgan fingerprint density at radius 1 is 1.45 bits per heavy atom. The maximum atomic E-state index is 4.12. The van der Waals surface area contributed by atoms with Crippen molar-refractivity contribution in [1.29, 1.82) is 0 Å². The highest BCUT2D eigenvalue weighted by Crippen LogP contribution is 2.09. The molecule has 0 saturated carbocycles. The minimum absolute atomic E-state index is 0.625. The summed E-state index contributed by atoms with van der Waals surface area (Å²) < 4.78 is 3.51. The van der Waals surface area contributed by atoms with E-state index >= 15 is 0 Å². The highest BCUT2D eigenvalue weighted by atomic mass is 127. The predicted molar refractivity (Wildman–Crippen MR) is 53.4 cm³/mol. The Bertz CT molecular complexity index is 398. The second-order valence-corrected chi connectivity index (χ2v) is 3.99. The molecule has 0 aliphatic heterocycles. The van der Waals surface area contributed by atoms with Crippen molar-refractivity contribution in [3.8, 4) is 0 Å². The minimum atomic E-state index is 0.625. The van der Waals surface area contributed by atoms with E-state index in [0.29, 0.717) is 4.73 Å². The number of pyridine rings is 1. The largest absolute Gasteiger partial charge is 0.219 e. The highest BCUT2D eigenvalue weighted by molar-refractivity contribution is 14.1. The number of fused-ring (bicyclic) bond motifs is 1. The molecular formula is C6H3BrIN3. The van der Waals surface area contributed by atoms with Gasteiger partial charge in [-0.2, -0.15) is 0 Å². The average molecular weight is 324 g/mol. The lowest BCUT2D eigenvalue weighted by Crippen LogP contribution is -1.86. The fourth-order valence-electron chi connectivity index (χ4n) is 0.831. The second-order valence-electron chi connectivity index (χ2n) is 2.03. The number of hydrogen-bond donors (Lipinski definition) is 0. The topological polar surface area (TPSA) is 30.2 Å². The van der Waals surface area contributed by atoms with E-state index in [0.717, 1.165) is 9.22 Å². The Kier molecular flexibility index (Phi) is 1.84. The van der Waals surface area contributed by atoms with Gasteiger partial charge in [-0.25, -0.2) is 9.50 Å². The summed E-state index contributed by atoms with van der Waals surface area (Å²) in [5, 5.41) is 4.09. The van der Waals surface area contributed by atoms with Crippen molar-refractivity contribution < 1.29 is 0 Å². The third kappa shape index (κ3) is 1.39. The van der Waals surface area contributed by atoms with Gasteiger partial charge in [0.1, 0.15) is 0 Å². The fourth-order valence-corrected chi connectivity index (χ4v) is 1.63. The van der Waals surface area contributed by atoms with Crippen LogP contribution >= 0.6 is 38.5 Å². The molecule has 5 heteroatoms. The summed E-state index contributed by atoms with van der Waals surface area (Å²) in [6.07, 6.45) is 1.92. The van der Waals surface area contributed by atoms with Gasteiger partial charge in [-0.05, 0) is 50.7 Å². The summed E-state index contributed by atoms with van der Waals surface area (Å²) >= 11 is 5.44. The molecule has 0 bridgehead atoms. The Labute approximate surface area is 85.1 Å². The van der Waals surface area contributed by atoms with Gasteiger partial charge >= 0.3 is 0 Å². The summed E-state index contributed by atoms with van der Waals surface area (Å²) in [4.78, 5) is 4.12. The summed E-state index contributed by atoms with van der Waals surface area (Å²) in [5.74, 6) is 0. The van der Waals surface area contributed by atoms with E-state index in [1.807, 2.05) is 18.3 Å². The molecule has 0 aliphatic rings. The van der Waals surface area contributed by atoms with Gasteiger partial charge in [0.2, 0.25) is 4.73 Å². The van der Waals surface area contributed by atoms with Gasteiger partial charge in [0.05, 0.1) is 0 Å². The van der Waals surface area contributed by atoms with Crippen molar-refractivity contribution in [1.82, 2.24) is 14.6 Å². The summed E-state index contributed by atoms with van der Waals surface area (Å²) in [5.41, 5.74) is 0.859. The lowest BCUT2D eigenvalue weighted by atomic mass is 10.5. The van der Waals surface area contributed by atoms with E-state index in [9.17, 15) is 0 Å². The van der Waals surface area contributed by atoms with Crippen LogP contribution in [-0.4, -0.2) is 14.6 Å². The second kappa shape index (κ2) is 2.71. The minimum Gasteiger partial charge on any atom is -0.219 e. The Balaban J connectivity index is 2.82. The van der Waals surface area contributed by atoms with E-state index in [1.54, 1.807) is 4.52 Å². The zero-order valence-corrected chi connectivity index (χ0v) is 9.07. The van der Waals surface area contributed by atoms with Crippen LogP contribution in [0.2, 0.25) is 0 Å². The molecule has 0 atom stereocenters. The molecule has 11 heavy (non-hydrogen) atoms. The molecule has 2 aromatic rings. The maximum Gasteiger partial charge on any atom is 0.218 e. The van der Waals surface area contributed by atoms with Crippen molar-refractivity contribution in [2.45, 2.75) is 0 Å². The van der Waals surface area contributed by atoms with Crippen molar-refractivity contribution in [2.24, 2.45) is 0 Å². The van der Waals surface area contributed by atoms with Gasteiger partial charge in [-0.15, -0.1) is 5.10 Å². The van der Waals surface area contributed by atoms with E-state index < -0.39 is 0 Å². The molecule has 56 valence electrons.